The predicted octanol–water partition coefficient (Wildman–Crippen LogP) is 1.65. The van der Waals surface area contributed by atoms with Crippen LogP contribution in [0.5, 0.6) is 0 Å². The molecular weight excluding hydrogens is 320 g/mol. The van der Waals surface area contributed by atoms with E-state index in [0.29, 0.717) is 34.6 Å². The average molecular weight is 346 g/mol. The standard InChI is InChI=1S/C16H26N8O/c1-4-8-19-15-21-11-12(13(17-2)23-15)22-16(24-14(11)18-3)20-9-6-5-7-10(9)25/h9-10,25H,4-8H2,1-3H3,(H2,17,19,21,23)(H2,18,20,22,24)/t9-,10-/m0/s1. The fraction of sp³-hybridized carbons (Fsp3) is 0.625. The summed E-state index contributed by atoms with van der Waals surface area (Å²) in [6.07, 6.45) is 3.34. The van der Waals surface area contributed by atoms with Crippen LogP contribution in [-0.2, 0) is 0 Å². The lowest BCUT2D eigenvalue weighted by atomic mass is 10.2. The van der Waals surface area contributed by atoms with Gasteiger partial charge >= 0.3 is 0 Å². The number of hydrogen-bond donors (Lipinski definition) is 5. The molecule has 5 N–H and O–H groups in total. The molecule has 0 amide bonds. The number of nitrogens with zero attached hydrogens (tertiary/aromatic N) is 4. The molecule has 0 aromatic carbocycles. The summed E-state index contributed by atoms with van der Waals surface area (Å²) >= 11 is 0. The van der Waals surface area contributed by atoms with Gasteiger partial charge in [0.25, 0.3) is 0 Å². The fourth-order valence-corrected chi connectivity index (χ4v) is 3.02. The van der Waals surface area contributed by atoms with Crippen LogP contribution in [0.4, 0.5) is 23.5 Å². The number of aromatic nitrogens is 4. The Labute approximate surface area is 147 Å². The first kappa shape index (κ1) is 17.4. The molecule has 1 aliphatic carbocycles. The summed E-state index contributed by atoms with van der Waals surface area (Å²) in [6, 6.07) is -0.0217. The van der Waals surface area contributed by atoms with Gasteiger partial charge in [0.2, 0.25) is 11.9 Å². The van der Waals surface area contributed by atoms with Crippen LogP contribution in [0.3, 0.4) is 0 Å². The van der Waals surface area contributed by atoms with Crippen molar-refractivity contribution >= 4 is 34.6 Å². The van der Waals surface area contributed by atoms with E-state index >= 15 is 0 Å². The Balaban J connectivity index is 2.01. The lowest BCUT2D eigenvalue weighted by Gasteiger charge is -2.18. The van der Waals surface area contributed by atoms with Crippen molar-refractivity contribution < 1.29 is 5.11 Å². The summed E-state index contributed by atoms with van der Waals surface area (Å²) < 4.78 is 0. The van der Waals surface area contributed by atoms with Gasteiger partial charge in [-0.1, -0.05) is 6.92 Å². The summed E-state index contributed by atoms with van der Waals surface area (Å²) in [5, 5.41) is 22.6. The van der Waals surface area contributed by atoms with Gasteiger partial charge in [-0.25, -0.2) is 9.97 Å². The van der Waals surface area contributed by atoms with Gasteiger partial charge in [-0.3, -0.25) is 0 Å². The van der Waals surface area contributed by atoms with Crippen molar-refractivity contribution in [2.24, 2.45) is 0 Å². The lowest BCUT2D eigenvalue weighted by molar-refractivity contribution is 0.171. The van der Waals surface area contributed by atoms with E-state index in [1.165, 1.54) is 0 Å². The number of nitrogens with one attached hydrogen (secondary N) is 4. The highest BCUT2D eigenvalue weighted by Crippen LogP contribution is 2.28. The minimum Gasteiger partial charge on any atom is -0.391 e. The summed E-state index contributed by atoms with van der Waals surface area (Å²) in [6.45, 7) is 2.88. The minimum atomic E-state index is -0.363. The Hall–Kier alpha value is -2.42. The van der Waals surface area contributed by atoms with Crippen molar-refractivity contribution in [3.8, 4) is 0 Å². The zero-order valence-electron chi connectivity index (χ0n) is 14.9. The second kappa shape index (κ2) is 7.64. The Morgan fingerprint density at radius 2 is 1.60 bits per heavy atom. The van der Waals surface area contributed by atoms with Gasteiger partial charge in [0.05, 0.1) is 12.1 Å². The maximum Gasteiger partial charge on any atom is 0.225 e. The molecule has 25 heavy (non-hydrogen) atoms. The van der Waals surface area contributed by atoms with E-state index in [4.69, 9.17) is 0 Å². The van der Waals surface area contributed by atoms with E-state index in [0.717, 1.165) is 32.2 Å². The van der Waals surface area contributed by atoms with E-state index in [1.807, 2.05) is 0 Å². The zero-order chi connectivity index (χ0) is 17.8. The van der Waals surface area contributed by atoms with Gasteiger partial charge in [0.1, 0.15) is 11.0 Å². The molecule has 9 heteroatoms. The topological polar surface area (TPSA) is 120 Å². The zero-order valence-corrected chi connectivity index (χ0v) is 14.9. The summed E-state index contributed by atoms with van der Waals surface area (Å²) in [4.78, 5) is 18.2. The molecule has 0 aliphatic heterocycles. The monoisotopic (exact) mass is 346 g/mol. The van der Waals surface area contributed by atoms with Gasteiger partial charge in [0, 0.05) is 20.6 Å². The average Bonchev–Trinajstić information content (AvgIpc) is 3.03. The number of hydrogen-bond acceptors (Lipinski definition) is 9. The molecule has 0 spiro atoms. The molecule has 1 saturated carbocycles. The van der Waals surface area contributed by atoms with Crippen molar-refractivity contribution in [1.29, 1.82) is 0 Å². The molecule has 1 fully saturated rings. The molecule has 3 rings (SSSR count). The SMILES string of the molecule is CCCNc1nc(NC)c2nc(N[C@H]3CCC[C@@H]3O)nc(NC)c2n1. The molecule has 2 aromatic heterocycles. The molecule has 2 atom stereocenters. The maximum absolute atomic E-state index is 10.0. The first-order valence-corrected chi connectivity index (χ1v) is 8.80. The van der Waals surface area contributed by atoms with E-state index in [9.17, 15) is 5.11 Å². The van der Waals surface area contributed by atoms with Gasteiger partial charge in [-0.15, -0.1) is 0 Å². The largest absolute Gasteiger partial charge is 0.391 e. The van der Waals surface area contributed by atoms with Crippen LogP contribution in [0.2, 0.25) is 0 Å². The molecule has 0 radical (unpaired) electrons. The second-order valence-electron chi connectivity index (χ2n) is 6.16. The molecule has 136 valence electrons. The highest BCUT2D eigenvalue weighted by Gasteiger charge is 2.26. The molecule has 0 bridgehead atoms. The van der Waals surface area contributed by atoms with Gasteiger partial charge in [-0.05, 0) is 25.7 Å². The van der Waals surface area contributed by atoms with E-state index in [1.54, 1.807) is 14.1 Å². The van der Waals surface area contributed by atoms with Crippen molar-refractivity contribution in [1.82, 2.24) is 19.9 Å². The Morgan fingerprint density at radius 1 is 0.960 bits per heavy atom. The molecule has 0 unspecified atom stereocenters. The van der Waals surface area contributed by atoms with E-state index in [-0.39, 0.29) is 12.1 Å². The normalized spacial score (nSPS) is 19.8. The van der Waals surface area contributed by atoms with Crippen LogP contribution in [0.25, 0.3) is 11.0 Å². The molecule has 1 aliphatic rings. The number of aliphatic hydroxyl groups excluding tert-OH is 1. The summed E-state index contributed by atoms with van der Waals surface area (Å²) in [5.74, 6) is 2.28. The van der Waals surface area contributed by atoms with Crippen LogP contribution < -0.4 is 21.3 Å². The predicted molar refractivity (Wildman–Crippen MR) is 100 cm³/mol. The summed E-state index contributed by atoms with van der Waals surface area (Å²) in [7, 11) is 3.61. The highest BCUT2D eigenvalue weighted by atomic mass is 16.3. The number of aliphatic hydroxyl groups is 1. The van der Waals surface area contributed by atoms with Crippen LogP contribution in [0.1, 0.15) is 32.6 Å². The van der Waals surface area contributed by atoms with Crippen LogP contribution in [0.15, 0.2) is 0 Å². The highest BCUT2D eigenvalue weighted by molar-refractivity contribution is 5.94. The van der Waals surface area contributed by atoms with E-state index < -0.39 is 0 Å². The van der Waals surface area contributed by atoms with Crippen molar-refractivity contribution in [2.75, 3.05) is 41.9 Å². The second-order valence-corrected chi connectivity index (χ2v) is 6.16. The Morgan fingerprint density at radius 3 is 2.16 bits per heavy atom. The van der Waals surface area contributed by atoms with Crippen molar-refractivity contribution in [3.63, 3.8) is 0 Å². The smallest absolute Gasteiger partial charge is 0.225 e. The van der Waals surface area contributed by atoms with E-state index in [2.05, 4.69) is 48.1 Å². The summed E-state index contributed by atoms with van der Waals surface area (Å²) in [5.41, 5.74) is 1.29. The fourth-order valence-electron chi connectivity index (χ4n) is 3.02. The maximum atomic E-state index is 10.0. The van der Waals surface area contributed by atoms with Crippen molar-refractivity contribution in [2.45, 2.75) is 44.8 Å². The number of anilines is 4. The number of rotatable bonds is 7. The molecule has 2 heterocycles. The Kier molecular flexibility index (Phi) is 5.32. The molecule has 0 saturated heterocycles. The first-order chi connectivity index (χ1) is 12.2. The van der Waals surface area contributed by atoms with Crippen molar-refractivity contribution in [3.05, 3.63) is 0 Å². The van der Waals surface area contributed by atoms with Gasteiger partial charge in [-0.2, -0.15) is 9.97 Å². The van der Waals surface area contributed by atoms with Crippen LogP contribution >= 0.6 is 0 Å². The van der Waals surface area contributed by atoms with Crippen LogP contribution in [0, 0.1) is 0 Å². The Bertz CT molecular complexity index is 738. The quantitative estimate of drug-likeness (QED) is 0.509. The van der Waals surface area contributed by atoms with Crippen LogP contribution in [-0.4, -0.2) is 57.8 Å². The molecule has 9 nitrogen and oxygen atoms in total. The molecular formula is C16H26N8O. The molecule has 2 aromatic rings. The van der Waals surface area contributed by atoms with Gasteiger partial charge < -0.3 is 26.4 Å². The van der Waals surface area contributed by atoms with Gasteiger partial charge in [0.15, 0.2) is 11.6 Å². The third kappa shape index (κ3) is 3.65. The lowest BCUT2D eigenvalue weighted by Crippen LogP contribution is -2.29. The first-order valence-electron chi connectivity index (χ1n) is 8.80. The minimum absolute atomic E-state index is 0.0217. The third-order valence-electron chi connectivity index (χ3n) is 4.34. The number of fused-ring (bicyclic) bond motifs is 1. The third-order valence-corrected chi connectivity index (χ3v) is 4.34.